The first-order valence-corrected chi connectivity index (χ1v) is 13.1. The molecule has 0 bridgehead atoms. The molecule has 33 heavy (non-hydrogen) atoms. The van der Waals surface area contributed by atoms with Crippen molar-refractivity contribution in [1.29, 1.82) is 0 Å². The predicted molar refractivity (Wildman–Crippen MR) is 128 cm³/mol. The Morgan fingerprint density at radius 2 is 1.88 bits per heavy atom. The third kappa shape index (κ3) is 4.20. The molecule has 3 aromatic rings. The van der Waals surface area contributed by atoms with Crippen LogP contribution < -0.4 is 21.5 Å². The minimum atomic E-state index is -3.85. The average Bonchev–Trinajstić information content (AvgIpc) is 3.54. The normalized spacial score (nSPS) is 16.0. The molecule has 0 saturated heterocycles. The summed E-state index contributed by atoms with van der Waals surface area (Å²) in [5.74, 6) is 0.695. The fraction of sp³-hybridized carbons (Fsp3) is 0.455. The van der Waals surface area contributed by atoms with E-state index in [1.807, 2.05) is 13.0 Å². The molecule has 4 rings (SSSR count). The molecule has 178 valence electrons. The molecular formula is C22H27N3O6S2. The Kier molecular flexibility index (Phi) is 6.39. The summed E-state index contributed by atoms with van der Waals surface area (Å²) < 4.78 is 31.2. The number of rotatable bonds is 9. The molecule has 0 amide bonds. The SMILES string of the molecule is CC[C@@H](Nc1c(Nc2csc(S(=O)(=O)N(C)C)c2O)c(=O)c1=O)c1cc(C2CCCC2)co1. The molecule has 0 unspecified atom stereocenters. The Balaban J connectivity index is 1.56. The van der Waals surface area contributed by atoms with E-state index in [1.165, 1.54) is 32.3 Å². The van der Waals surface area contributed by atoms with Crippen molar-refractivity contribution in [2.24, 2.45) is 0 Å². The van der Waals surface area contributed by atoms with Crippen LogP contribution in [0.3, 0.4) is 0 Å². The molecule has 1 fully saturated rings. The average molecular weight is 494 g/mol. The topological polar surface area (TPSA) is 129 Å². The number of furan rings is 1. The third-order valence-electron chi connectivity index (χ3n) is 6.15. The molecular weight excluding hydrogens is 466 g/mol. The van der Waals surface area contributed by atoms with Gasteiger partial charge in [-0.3, -0.25) is 9.59 Å². The highest BCUT2D eigenvalue weighted by Gasteiger charge is 2.30. The minimum Gasteiger partial charge on any atom is -0.504 e. The van der Waals surface area contributed by atoms with Crippen molar-refractivity contribution in [3.8, 4) is 5.75 Å². The molecule has 0 spiro atoms. The van der Waals surface area contributed by atoms with E-state index in [0.717, 1.165) is 34.0 Å². The zero-order valence-corrected chi connectivity index (χ0v) is 20.3. The lowest BCUT2D eigenvalue weighted by molar-refractivity contribution is 0.460. The van der Waals surface area contributed by atoms with Crippen LogP contribution in [0, 0.1) is 0 Å². The first-order valence-electron chi connectivity index (χ1n) is 10.8. The number of hydrogen-bond donors (Lipinski definition) is 3. The van der Waals surface area contributed by atoms with Crippen molar-refractivity contribution in [2.45, 2.75) is 55.2 Å². The zero-order chi connectivity index (χ0) is 23.9. The molecule has 0 radical (unpaired) electrons. The molecule has 1 aliphatic rings. The zero-order valence-electron chi connectivity index (χ0n) is 18.7. The number of thiophene rings is 1. The van der Waals surface area contributed by atoms with Gasteiger partial charge in [0.1, 0.15) is 17.1 Å². The van der Waals surface area contributed by atoms with Crippen LogP contribution in [0.2, 0.25) is 0 Å². The summed E-state index contributed by atoms with van der Waals surface area (Å²) in [5.41, 5.74) is -0.124. The molecule has 11 heteroatoms. The van der Waals surface area contributed by atoms with Crippen LogP contribution in [0.25, 0.3) is 0 Å². The van der Waals surface area contributed by atoms with Gasteiger partial charge in [0.05, 0.1) is 18.0 Å². The largest absolute Gasteiger partial charge is 0.504 e. The molecule has 1 atom stereocenters. The van der Waals surface area contributed by atoms with E-state index in [4.69, 9.17) is 4.42 Å². The summed E-state index contributed by atoms with van der Waals surface area (Å²) >= 11 is 0.825. The molecule has 2 heterocycles. The van der Waals surface area contributed by atoms with Crippen molar-refractivity contribution in [1.82, 2.24) is 4.31 Å². The molecule has 1 aliphatic carbocycles. The summed E-state index contributed by atoms with van der Waals surface area (Å²) in [5, 5.41) is 17.6. The van der Waals surface area contributed by atoms with Crippen molar-refractivity contribution in [3.63, 3.8) is 0 Å². The highest BCUT2D eigenvalue weighted by molar-refractivity contribution is 7.91. The van der Waals surface area contributed by atoms with Gasteiger partial charge in [0.15, 0.2) is 9.96 Å². The van der Waals surface area contributed by atoms with Gasteiger partial charge in [-0.15, -0.1) is 11.3 Å². The predicted octanol–water partition coefficient (Wildman–Crippen LogP) is 3.86. The Morgan fingerprint density at radius 1 is 1.21 bits per heavy atom. The standard InChI is InChI=1S/C22H27N3O6S2/c1-4-14(16-9-13(10-31-16)12-7-5-6-8-12)23-17-18(21(28)20(17)27)24-15-11-32-22(19(15)26)33(29,30)25(2)3/h9-12,14,23-24,26H,4-8H2,1-3H3/t14-/m1/s1. The smallest absolute Gasteiger partial charge is 0.255 e. The van der Waals surface area contributed by atoms with Crippen LogP contribution in [0.5, 0.6) is 5.75 Å². The number of sulfonamides is 1. The van der Waals surface area contributed by atoms with Crippen LogP contribution in [0.1, 0.15) is 62.3 Å². The first kappa shape index (κ1) is 23.5. The summed E-state index contributed by atoms with van der Waals surface area (Å²) in [6.07, 6.45) is 7.10. The van der Waals surface area contributed by atoms with E-state index in [0.29, 0.717) is 18.1 Å². The minimum absolute atomic E-state index is 0.0112. The van der Waals surface area contributed by atoms with Gasteiger partial charge in [-0.05, 0) is 36.8 Å². The number of aromatic hydroxyl groups is 1. The van der Waals surface area contributed by atoms with E-state index in [2.05, 4.69) is 10.6 Å². The number of anilines is 3. The second kappa shape index (κ2) is 8.96. The first-order chi connectivity index (χ1) is 15.6. The van der Waals surface area contributed by atoms with Gasteiger partial charge < -0.3 is 20.2 Å². The molecule has 1 saturated carbocycles. The van der Waals surface area contributed by atoms with Crippen molar-refractivity contribution in [2.75, 3.05) is 24.7 Å². The van der Waals surface area contributed by atoms with Crippen LogP contribution in [-0.2, 0) is 10.0 Å². The Labute approximate surface area is 195 Å². The van der Waals surface area contributed by atoms with E-state index in [-0.39, 0.29) is 27.3 Å². The van der Waals surface area contributed by atoms with Gasteiger partial charge >= 0.3 is 0 Å². The fourth-order valence-electron chi connectivity index (χ4n) is 4.13. The Morgan fingerprint density at radius 3 is 2.52 bits per heavy atom. The van der Waals surface area contributed by atoms with Gasteiger partial charge in [0.25, 0.3) is 20.9 Å². The second-order valence-electron chi connectivity index (χ2n) is 8.48. The van der Waals surface area contributed by atoms with Crippen LogP contribution >= 0.6 is 11.3 Å². The van der Waals surface area contributed by atoms with E-state index in [1.54, 1.807) is 6.26 Å². The monoisotopic (exact) mass is 493 g/mol. The van der Waals surface area contributed by atoms with Crippen LogP contribution in [-0.4, -0.2) is 31.9 Å². The van der Waals surface area contributed by atoms with Gasteiger partial charge in [-0.2, -0.15) is 0 Å². The van der Waals surface area contributed by atoms with Gasteiger partial charge in [-0.25, -0.2) is 12.7 Å². The second-order valence-corrected chi connectivity index (χ2v) is 11.7. The fourth-order valence-corrected chi connectivity index (χ4v) is 6.51. The molecule has 9 nitrogen and oxygen atoms in total. The molecule has 2 aromatic heterocycles. The number of nitrogens with one attached hydrogen (secondary N) is 2. The maximum Gasteiger partial charge on any atom is 0.255 e. The van der Waals surface area contributed by atoms with Gasteiger partial charge in [0, 0.05) is 19.5 Å². The van der Waals surface area contributed by atoms with Crippen LogP contribution in [0.15, 0.2) is 35.9 Å². The number of nitrogens with zero attached hydrogens (tertiary/aromatic N) is 1. The number of hydrogen-bond acceptors (Lipinski definition) is 9. The maximum atomic E-state index is 12.3. The van der Waals surface area contributed by atoms with Crippen molar-refractivity contribution < 1.29 is 17.9 Å². The lowest BCUT2D eigenvalue weighted by atomic mass is 9.99. The highest BCUT2D eigenvalue weighted by atomic mass is 32.2. The molecule has 3 N–H and O–H groups in total. The Bertz CT molecular complexity index is 1320. The van der Waals surface area contributed by atoms with Crippen molar-refractivity contribution in [3.05, 3.63) is 49.5 Å². The highest BCUT2D eigenvalue weighted by Crippen LogP contribution is 2.41. The van der Waals surface area contributed by atoms with E-state index < -0.39 is 26.6 Å². The lowest BCUT2D eigenvalue weighted by Gasteiger charge is -2.20. The molecule has 1 aromatic carbocycles. The summed E-state index contributed by atoms with van der Waals surface area (Å²) in [6.45, 7) is 1.94. The molecule has 0 aliphatic heterocycles. The van der Waals surface area contributed by atoms with E-state index >= 15 is 0 Å². The quantitative estimate of drug-likeness (QED) is 0.383. The Hall–Kier alpha value is -2.63. The van der Waals surface area contributed by atoms with Gasteiger partial charge in [0.2, 0.25) is 0 Å². The summed E-state index contributed by atoms with van der Waals surface area (Å²) in [7, 11) is -1.13. The van der Waals surface area contributed by atoms with Gasteiger partial charge in [-0.1, -0.05) is 19.8 Å². The third-order valence-corrected chi connectivity index (χ3v) is 9.46. The van der Waals surface area contributed by atoms with Crippen LogP contribution in [0.4, 0.5) is 17.1 Å². The summed E-state index contributed by atoms with van der Waals surface area (Å²) in [4.78, 5) is 24.5. The lowest BCUT2D eigenvalue weighted by Crippen LogP contribution is -2.37. The van der Waals surface area contributed by atoms with Crippen molar-refractivity contribution >= 4 is 38.4 Å². The maximum absolute atomic E-state index is 12.3. The summed E-state index contributed by atoms with van der Waals surface area (Å²) in [6, 6.07) is 1.70. The van der Waals surface area contributed by atoms with E-state index in [9.17, 15) is 23.1 Å².